The molecule has 1 aliphatic carbocycles. The highest BCUT2D eigenvalue weighted by Gasteiger charge is 2.47. The van der Waals surface area contributed by atoms with Crippen LogP contribution in [0.2, 0.25) is 0 Å². The van der Waals surface area contributed by atoms with Gasteiger partial charge >= 0.3 is 11.9 Å². The molecular formula is C31H26O3. The molecule has 0 radical (unpaired) electrons. The van der Waals surface area contributed by atoms with Gasteiger partial charge in [-0.3, -0.25) is 0 Å². The van der Waals surface area contributed by atoms with Crippen LogP contribution in [0.15, 0.2) is 66.7 Å². The van der Waals surface area contributed by atoms with Crippen LogP contribution in [-0.2, 0) is 15.6 Å². The van der Waals surface area contributed by atoms with Gasteiger partial charge in [0.05, 0.1) is 11.1 Å². The highest BCUT2D eigenvalue weighted by molar-refractivity contribution is 6.21. The van der Waals surface area contributed by atoms with Gasteiger partial charge in [-0.1, -0.05) is 94.4 Å². The van der Waals surface area contributed by atoms with Crippen molar-refractivity contribution in [2.75, 3.05) is 0 Å². The van der Waals surface area contributed by atoms with E-state index in [1.54, 1.807) is 0 Å². The molecule has 0 unspecified atom stereocenters. The lowest BCUT2D eigenvalue weighted by atomic mass is 9.72. The summed E-state index contributed by atoms with van der Waals surface area (Å²) >= 11 is 0. The van der Waals surface area contributed by atoms with E-state index < -0.39 is 17.4 Å². The Morgan fingerprint density at radius 3 is 2.00 bits per heavy atom. The van der Waals surface area contributed by atoms with Crippen LogP contribution in [0.1, 0.15) is 76.2 Å². The second kappa shape index (κ2) is 6.66. The van der Waals surface area contributed by atoms with E-state index in [2.05, 4.69) is 71.0 Å². The summed E-state index contributed by atoms with van der Waals surface area (Å²) < 4.78 is 5.27. The monoisotopic (exact) mass is 446 g/mol. The molecule has 0 aromatic heterocycles. The predicted octanol–water partition coefficient (Wildman–Crippen LogP) is 7.09. The second-order valence-electron chi connectivity index (χ2n) is 10.6. The molecular weight excluding hydrogens is 420 g/mol. The Balaban J connectivity index is 1.78. The minimum absolute atomic E-state index is 0.331. The summed E-state index contributed by atoms with van der Waals surface area (Å²) in [7, 11) is 0. The maximum atomic E-state index is 13.2. The van der Waals surface area contributed by atoms with Crippen molar-refractivity contribution in [3.63, 3.8) is 0 Å². The number of carbonyl (C=O) groups is 2. The Bertz CT molecular complexity index is 1560. The summed E-state index contributed by atoms with van der Waals surface area (Å²) in [5, 5.41) is 2.26. The minimum Gasteiger partial charge on any atom is -0.386 e. The Hall–Kier alpha value is -3.72. The van der Waals surface area contributed by atoms with Gasteiger partial charge in [0.2, 0.25) is 0 Å². The van der Waals surface area contributed by atoms with E-state index >= 15 is 0 Å². The molecule has 0 atom stereocenters. The van der Waals surface area contributed by atoms with E-state index in [-0.39, 0.29) is 5.41 Å². The van der Waals surface area contributed by atoms with Gasteiger partial charge in [0, 0.05) is 16.4 Å². The normalized spacial score (nSPS) is 15.8. The zero-order valence-corrected chi connectivity index (χ0v) is 20.1. The molecule has 1 aliphatic heterocycles. The molecule has 3 heteroatoms. The second-order valence-corrected chi connectivity index (χ2v) is 10.6. The van der Waals surface area contributed by atoms with Crippen LogP contribution in [0.4, 0.5) is 0 Å². The molecule has 0 saturated carbocycles. The standard InChI is InChI=1S/C31H26O3/c1-17-15-21-24(20-14-10-9-13-19(17)20)25-22(31(21,4)5)16-23(26-27(25)29(33)34-28(26)32)30(2,3)18-11-7-6-8-12-18/h6-16H,1-5H3. The molecule has 3 nitrogen and oxygen atoms in total. The molecule has 0 amide bonds. The molecule has 4 aromatic carbocycles. The van der Waals surface area contributed by atoms with Crippen molar-refractivity contribution in [3.05, 3.63) is 106 Å². The number of esters is 2. The summed E-state index contributed by atoms with van der Waals surface area (Å²) in [6.07, 6.45) is 0. The maximum absolute atomic E-state index is 13.2. The summed E-state index contributed by atoms with van der Waals surface area (Å²) in [6.45, 7) is 10.8. The fraction of sp³-hybridized carbons (Fsp3) is 0.226. The molecule has 0 N–H and O–H groups in total. The number of fused-ring (bicyclic) bond motifs is 7. The van der Waals surface area contributed by atoms with Crippen molar-refractivity contribution in [1.82, 2.24) is 0 Å². The number of aryl methyl sites for hydroxylation is 1. The van der Waals surface area contributed by atoms with Crippen LogP contribution in [0.3, 0.4) is 0 Å². The third-order valence-electron chi connectivity index (χ3n) is 7.94. The number of carbonyl (C=O) groups excluding carboxylic acids is 2. The molecule has 4 aromatic rings. The molecule has 2 aliphatic rings. The Labute approximate surface area is 199 Å². The molecule has 0 fully saturated rings. The van der Waals surface area contributed by atoms with Crippen LogP contribution in [0.5, 0.6) is 0 Å². The lowest BCUT2D eigenvalue weighted by molar-refractivity contribution is 0.0443. The summed E-state index contributed by atoms with van der Waals surface area (Å²) in [5.74, 6) is -1.10. The number of hydrogen-bond acceptors (Lipinski definition) is 3. The third kappa shape index (κ3) is 2.53. The predicted molar refractivity (Wildman–Crippen MR) is 135 cm³/mol. The van der Waals surface area contributed by atoms with Crippen LogP contribution >= 0.6 is 0 Å². The van der Waals surface area contributed by atoms with Gasteiger partial charge in [-0.2, -0.15) is 0 Å². The molecule has 168 valence electrons. The first-order valence-electron chi connectivity index (χ1n) is 11.7. The van der Waals surface area contributed by atoms with E-state index in [4.69, 9.17) is 4.74 Å². The molecule has 1 heterocycles. The molecule has 0 saturated heterocycles. The van der Waals surface area contributed by atoms with Gasteiger partial charge < -0.3 is 4.74 Å². The maximum Gasteiger partial charge on any atom is 0.347 e. The zero-order chi connectivity index (χ0) is 24.0. The summed E-state index contributed by atoms with van der Waals surface area (Å²) in [5.41, 5.74) is 7.29. The van der Waals surface area contributed by atoms with Gasteiger partial charge in [0.15, 0.2) is 0 Å². The highest BCUT2D eigenvalue weighted by atomic mass is 16.6. The van der Waals surface area contributed by atoms with Crippen molar-refractivity contribution in [2.45, 2.75) is 45.4 Å². The lowest BCUT2D eigenvalue weighted by Crippen LogP contribution is -2.24. The van der Waals surface area contributed by atoms with Crippen LogP contribution in [0, 0.1) is 6.92 Å². The van der Waals surface area contributed by atoms with E-state index in [0.29, 0.717) is 11.1 Å². The number of benzene rings is 4. The molecule has 34 heavy (non-hydrogen) atoms. The first-order chi connectivity index (χ1) is 16.1. The van der Waals surface area contributed by atoms with Gasteiger partial charge in [0.25, 0.3) is 0 Å². The average Bonchev–Trinajstić information content (AvgIpc) is 3.24. The molecule has 0 bridgehead atoms. The average molecular weight is 447 g/mol. The van der Waals surface area contributed by atoms with Gasteiger partial charge in [-0.05, 0) is 51.1 Å². The minimum atomic E-state index is -0.551. The summed E-state index contributed by atoms with van der Waals surface area (Å²) in [4.78, 5) is 26.4. The summed E-state index contributed by atoms with van der Waals surface area (Å²) in [6, 6.07) is 22.8. The highest BCUT2D eigenvalue weighted by Crippen LogP contribution is 2.56. The first kappa shape index (κ1) is 20.9. The number of hydrogen-bond donors (Lipinski definition) is 0. The first-order valence-corrected chi connectivity index (χ1v) is 11.7. The van der Waals surface area contributed by atoms with Crippen molar-refractivity contribution in [3.8, 4) is 11.1 Å². The SMILES string of the molecule is Cc1cc2c(c3ccccc13)-c1c(cc(C(C)(C)c3ccccc3)c3c1C(=O)OC3=O)C2(C)C. The van der Waals surface area contributed by atoms with Gasteiger partial charge in [-0.15, -0.1) is 0 Å². The van der Waals surface area contributed by atoms with Crippen molar-refractivity contribution in [2.24, 2.45) is 0 Å². The molecule has 6 rings (SSSR count). The third-order valence-corrected chi connectivity index (χ3v) is 7.94. The van der Waals surface area contributed by atoms with Crippen molar-refractivity contribution < 1.29 is 14.3 Å². The fourth-order valence-corrected chi connectivity index (χ4v) is 6.01. The van der Waals surface area contributed by atoms with Crippen LogP contribution in [0.25, 0.3) is 21.9 Å². The van der Waals surface area contributed by atoms with Gasteiger partial charge in [-0.25, -0.2) is 9.59 Å². The quantitative estimate of drug-likeness (QED) is 0.244. The topological polar surface area (TPSA) is 43.4 Å². The molecule has 0 spiro atoms. The van der Waals surface area contributed by atoms with E-state index in [0.717, 1.165) is 38.6 Å². The van der Waals surface area contributed by atoms with E-state index in [1.165, 1.54) is 11.1 Å². The number of cyclic esters (lactones) is 2. The van der Waals surface area contributed by atoms with Gasteiger partial charge in [0.1, 0.15) is 0 Å². The Morgan fingerprint density at radius 2 is 1.29 bits per heavy atom. The largest absolute Gasteiger partial charge is 0.386 e. The van der Waals surface area contributed by atoms with E-state index in [1.807, 2.05) is 30.3 Å². The van der Waals surface area contributed by atoms with Crippen LogP contribution < -0.4 is 0 Å². The Kier molecular flexibility index (Phi) is 4.09. The number of rotatable bonds is 2. The lowest BCUT2D eigenvalue weighted by Gasteiger charge is -2.30. The zero-order valence-electron chi connectivity index (χ0n) is 20.1. The van der Waals surface area contributed by atoms with Crippen LogP contribution in [-0.4, -0.2) is 11.9 Å². The van der Waals surface area contributed by atoms with Crippen molar-refractivity contribution >= 4 is 22.7 Å². The number of ether oxygens (including phenoxy) is 1. The fourth-order valence-electron chi connectivity index (χ4n) is 6.01. The Morgan fingerprint density at radius 1 is 0.706 bits per heavy atom. The van der Waals surface area contributed by atoms with Crippen molar-refractivity contribution in [1.29, 1.82) is 0 Å². The smallest absolute Gasteiger partial charge is 0.347 e. The van der Waals surface area contributed by atoms with E-state index in [9.17, 15) is 9.59 Å².